The van der Waals surface area contributed by atoms with E-state index in [2.05, 4.69) is 38.4 Å². The maximum Gasteiger partial charge on any atom is 0.442 e. The summed E-state index contributed by atoms with van der Waals surface area (Å²) in [7, 11) is 3.18. The van der Waals surface area contributed by atoms with Gasteiger partial charge in [-0.15, -0.1) is 10.2 Å². The molecule has 3 fully saturated rings. The number of carbonyl (C=O) groups is 6. The molecule has 3 saturated heterocycles. The molecule has 7 N–H and O–H groups in total. The first-order valence-electron chi connectivity index (χ1n) is 28.7. The lowest BCUT2D eigenvalue weighted by molar-refractivity contribution is -0.166. The topological polar surface area (TPSA) is 273 Å². The summed E-state index contributed by atoms with van der Waals surface area (Å²) in [5.74, 6) is -1.33. The summed E-state index contributed by atoms with van der Waals surface area (Å²) in [6.07, 6.45) is 4.34. The number of unbranched alkanes of at least 4 members (excludes halogenated alkanes) is 2. The third-order valence-electron chi connectivity index (χ3n) is 16.3. The molecule has 82 heavy (non-hydrogen) atoms. The van der Waals surface area contributed by atoms with Gasteiger partial charge in [-0.3, -0.25) is 19.2 Å². The lowest BCUT2D eigenvalue weighted by Gasteiger charge is -2.32. The number of amides is 6. The fraction of sp³-hybridized carbons (Fsp3) is 0.690. The number of alkyl carbamates (subject to hydrolysis) is 1. The van der Waals surface area contributed by atoms with Crippen molar-refractivity contribution >= 4 is 47.6 Å². The number of aliphatic hydroxyl groups is 3. The zero-order valence-corrected chi connectivity index (χ0v) is 49.2. The largest absolute Gasteiger partial charge is 0.457 e. The fourth-order valence-electron chi connectivity index (χ4n) is 10.7. The maximum atomic E-state index is 14.0. The summed E-state index contributed by atoms with van der Waals surface area (Å²) in [4.78, 5) is 81.9. The Balaban J connectivity index is 1.02. The van der Waals surface area contributed by atoms with Gasteiger partial charge in [0.2, 0.25) is 11.8 Å². The van der Waals surface area contributed by atoms with Crippen molar-refractivity contribution < 1.29 is 71.5 Å². The number of ether oxygens (including phenoxy) is 3. The molecule has 0 bridgehead atoms. The molecule has 5 aliphatic rings. The number of benzene rings is 1. The van der Waals surface area contributed by atoms with E-state index in [1.165, 1.54) is 42.0 Å². The number of nitrogens with zero attached hydrogens (tertiary/aromatic N) is 4. The molecule has 10 unspecified atom stereocenters. The maximum absolute atomic E-state index is 14.0. The minimum absolute atomic E-state index is 0.00484. The molecule has 0 radical (unpaired) electrons. The van der Waals surface area contributed by atoms with Crippen molar-refractivity contribution in [2.75, 3.05) is 39.5 Å². The number of carbonyl (C=O) groups excluding carboxylic acids is 6. The van der Waals surface area contributed by atoms with Gasteiger partial charge in [-0.2, -0.15) is 24.9 Å². The van der Waals surface area contributed by atoms with E-state index >= 15 is 0 Å². The number of allylic oxidation sites excluding steroid dienone is 3. The highest BCUT2D eigenvalue weighted by Gasteiger charge is 2.65. The quantitative estimate of drug-likeness (QED) is 0.0123. The molecule has 14 atom stereocenters. The van der Waals surface area contributed by atoms with Crippen LogP contribution in [0.3, 0.4) is 0 Å². The van der Waals surface area contributed by atoms with Crippen LogP contribution >= 0.6 is 11.8 Å². The van der Waals surface area contributed by atoms with Crippen LogP contribution in [0.15, 0.2) is 70.4 Å². The first kappa shape index (κ1) is 65.6. The third kappa shape index (κ3) is 18.2. The highest BCUT2D eigenvalue weighted by Crippen LogP contribution is 2.52. The fourth-order valence-corrected chi connectivity index (χ4v) is 12.2. The number of cyclic esters (lactones) is 1. The molecular weight excluding hydrogens is 1090 g/mol. The van der Waals surface area contributed by atoms with Crippen molar-refractivity contribution in [1.29, 1.82) is 0 Å². The zero-order valence-electron chi connectivity index (χ0n) is 48.4. The summed E-state index contributed by atoms with van der Waals surface area (Å²) >= 11 is 1.81. The van der Waals surface area contributed by atoms with E-state index in [9.17, 15) is 57.3 Å². The second kappa shape index (κ2) is 29.3. The van der Waals surface area contributed by atoms with Crippen molar-refractivity contribution in [1.82, 2.24) is 31.1 Å². The predicted octanol–water partition coefficient (Wildman–Crippen LogP) is 6.98. The zero-order chi connectivity index (χ0) is 60.1. The van der Waals surface area contributed by atoms with E-state index < -0.39 is 77.7 Å². The molecular formula is C58H85F3N8O12S. The summed E-state index contributed by atoms with van der Waals surface area (Å²) in [6.45, 7) is 11.5. The second-order valence-corrected chi connectivity index (χ2v) is 24.3. The first-order valence-corrected chi connectivity index (χ1v) is 29.8. The number of hydrogen-bond donors (Lipinski definition) is 7. The van der Waals surface area contributed by atoms with Gasteiger partial charge in [0, 0.05) is 74.1 Å². The van der Waals surface area contributed by atoms with E-state index in [0.29, 0.717) is 37.7 Å². The summed E-state index contributed by atoms with van der Waals surface area (Å²) in [5, 5.41) is 50.7. The van der Waals surface area contributed by atoms with Gasteiger partial charge >= 0.3 is 29.9 Å². The molecule has 24 heteroatoms. The van der Waals surface area contributed by atoms with E-state index in [1.54, 1.807) is 13.1 Å². The molecule has 0 spiro atoms. The Kier molecular flexibility index (Phi) is 23.4. The molecule has 6 amide bonds. The minimum atomic E-state index is -4.76. The average Bonchev–Trinajstić information content (AvgIpc) is 3.28. The Morgan fingerprint density at radius 3 is 2.41 bits per heavy atom. The molecule has 456 valence electrons. The number of hydrogen-bond acceptors (Lipinski definition) is 15. The van der Waals surface area contributed by atoms with Gasteiger partial charge in [0.05, 0.1) is 42.9 Å². The Bertz CT molecular complexity index is 2490. The standard InChI is InChI=1S/C58H85F3N8O12S/c1-9-43(71)37(5)51-44(79-51)31-34(2)15-14-16-35(3)50-36(4)20-25-46(56(6,78)27-26-40(70)32-48(73)81-50)80-55(77)62-28-13-12-17-41(63-52(74)38-21-23-39(24-22-38)57(66-67-57)58(59,60)61)53(75)69(8)30-29-68(7)47(72)19-11-10-18-45-49-42(33-82-45)64-54(76)65-49/h14-16,20-25,34,36-37,40-46,49-51,70-71,78H,9-13,17-19,26-33H2,1-8H3,(H,62,77)(H,63,74)(H2,64,65,76)/t34?,36?,37?,40?,41-,42-,43?,44?,45-,46?,49-,50?,51?,56?/m0/s1. The Morgan fingerprint density at radius 1 is 1.02 bits per heavy atom. The number of thioether (sulfide) groups is 1. The van der Waals surface area contributed by atoms with Gasteiger partial charge in [0.1, 0.15) is 17.7 Å². The first-order chi connectivity index (χ1) is 38.7. The number of aliphatic hydroxyl groups excluding tert-OH is 2. The number of likely N-dealkylation sites (N-methyl/N-ethyl adjacent to an activating group) is 2. The molecule has 5 aliphatic heterocycles. The van der Waals surface area contributed by atoms with E-state index in [-0.39, 0.29) is 110 Å². The number of nitrogens with one attached hydrogen (secondary N) is 4. The van der Waals surface area contributed by atoms with E-state index in [1.807, 2.05) is 57.7 Å². The number of urea groups is 1. The van der Waals surface area contributed by atoms with Crippen LogP contribution in [-0.2, 0) is 34.3 Å². The van der Waals surface area contributed by atoms with Crippen LogP contribution in [0.1, 0.15) is 135 Å². The number of rotatable bonds is 26. The molecule has 0 aromatic heterocycles. The van der Waals surface area contributed by atoms with Gasteiger partial charge < -0.3 is 60.6 Å². The summed E-state index contributed by atoms with van der Waals surface area (Å²) in [5.41, 5.74) is -3.92. The summed E-state index contributed by atoms with van der Waals surface area (Å²) < 4.78 is 58.6. The number of esters is 1. The van der Waals surface area contributed by atoms with Crippen molar-refractivity contribution in [2.24, 2.45) is 28.0 Å². The normalized spacial score (nSPS) is 28.5. The summed E-state index contributed by atoms with van der Waals surface area (Å²) in [6, 6.07) is 3.55. The van der Waals surface area contributed by atoms with E-state index in [4.69, 9.17) is 14.2 Å². The Labute approximate surface area is 483 Å². The number of halogens is 3. The highest BCUT2D eigenvalue weighted by molar-refractivity contribution is 8.00. The Morgan fingerprint density at radius 2 is 1.73 bits per heavy atom. The third-order valence-corrected chi connectivity index (χ3v) is 17.8. The molecule has 1 aromatic rings. The van der Waals surface area contributed by atoms with Crippen LogP contribution in [0.2, 0.25) is 0 Å². The molecule has 0 saturated carbocycles. The molecule has 6 rings (SSSR count). The van der Waals surface area contributed by atoms with Crippen LogP contribution in [0.4, 0.5) is 22.8 Å². The van der Waals surface area contributed by atoms with Gasteiger partial charge in [-0.25, -0.2) is 9.59 Å². The number of alkyl halides is 3. The van der Waals surface area contributed by atoms with Crippen LogP contribution in [0.25, 0.3) is 0 Å². The second-order valence-electron chi connectivity index (χ2n) is 23.1. The monoisotopic (exact) mass is 1170 g/mol. The molecule has 5 heterocycles. The van der Waals surface area contributed by atoms with Gasteiger partial charge in [-0.1, -0.05) is 70.6 Å². The molecule has 0 aliphatic carbocycles. The van der Waals surface area contributed by atoms with Crippen LogP contribution in [0, 0.1) is 17.8 Å². The van der Waals surface area contributed by atoms with Crippen LogP contribution in [-0.4, -0.2) is 172 Å². The SMILES string of the molecule is CCC(O)C(C)C1OC1CC(C)C=CC=C(C)C1OC(=O)CC(O)CCC(C)(O)C(OC(=O)NCCCC[C@H](NC(=O)c2ccc(C3(C(F)(F)F)N=N3)cc2)C(=O)N(C)CCN(C)C(=O)CCCC[C@@H]2SC[C@@H]3NC(=O)N[C@@H]32)C=CC1C. The average molecular weight is 1180 g/mol. The van der Waals surface area contributed by atoms with Gasteiger partial charge in [0.15, 0.2) is 6.10 Å². The highest BCUT2D eigenvalue weighted by atomic mass is 32.2. The van der Waals surface area contributed by atoms with Crippen LogP contribution < -0.4 is 21.3 Å². The minimum Gasteiger partial charge on any atom is -0.457 e. The number of epoxide rings is 1. The lowest BCUT2D eigenvalue weighted by atomic mass is 9.88. The smallest absolute Gasteiger partial charge is 0.442 e. The Hall–Kier alpha value is -5.56. The van der Waals surface area contributed by atoms with Crippen LogP contribution in [0.5, 0.6) is 0 Å². The molecule has 20 nitrogen and oxygen atoms in total. The van der Waals surface area contributed by atoms with Gasteiger partial charge in [0.25, 0.3) is 5.91 Å². The lowest BCUT2D eigenvalue weighted by Crippen LogP contribution is -2.49. The van der Waals surface area contributed by atoms with Crippen molar-refractivity contribution in [3.8, 4) is 0 Å². The van der Waals surface area contributed by atoms with Crippen molar-refractivity contribution in [3.63, 3.8) is 0 Å². The number of fused-ring (bicyclic) bond motifs is 1. The molecule has 1 aromatic carbocycles. The predicted molar refractivity (Wildman–Crippen MR) is 301 cm³/mol. The van der Waals surface area contributed by atoms with Gasteiger partial charge in [-0.05, 0) is 101 Å². The van der Waals surface area contributed by atoms with Crippen molar-refractivity contribution in [2.45, 2.75) is 196 Å². The van der Waals surface area contributed by atoms with Crippen molar-refractivity contribution in [3.05, 3.63) is 71.3 Å². The van der Waals surface area contributed by atoms with E-state index in [0.717, 1.165) is 37.1 Å².